The first-order valence-electron chi connectivity index (χ1n) is 8.20. The highest BCUT2D eigenvalue weighted by Crippen LogP contribution is 2.24. The summed E-state index contributed by atoms with van der Waals surface area (Å²) in [6.07, 6.45) is 0.792. The Hall–Kier alpha value is -2.34. The van der Waals surface area contributed by atoms with Crippen LogP contribution in [0.5, 0.6) is 5.75 Å². The Morgan fingerprint density at radius 2 is 2.21 bits per heavy atom. The van der Waals surface area contributed by atoms with Gasteiger partial charge in [-0.15, -0.1) is 0 Å². The fourth-order valence-electron chi connectivity index (χ4n) is 2.98. The molecule has 1 aromatic carbocycles. The number of amides is 1. The van der Waals surface area contributed by atoms with Gasteiger partial charge < -0.3 is 14.8 Å². The Bertz CT molecular complexity index is 737. The lowest BCUT2D eigenvalue weighted by molar-refractivity contribution is 0.0922. The van der Waals surface area contributed by atoms with Gasteiger partial charge >= 0.3 is 0 Å². The zero-order chi connectivity index (χ0) is 17.1. The third kappa shape index (κ3) is 3.14. The van der Waals surface area contributed by atoms with Crippen LogP contribution in [0, 0.1) is 0 Å². The molecular weight excluding hydrogens is 306 g/mol. The maximum Gasteiger partial charge on any atom is 0.272 e. The molecule has 2 aromatic rings. The van der Waals surface area contributed by atoms with E-state index in [1.54, 1.807) is 7.11 Å². The van der Waals surface area contributed by atoms with E-state index in [4.69, 9.17) is 9.47 Å². The van der Waals surface area contributed by atoms with Crippen LogP contribution in [0.1, 0.15) is 47.2 Å². The van der Waals surface area contributed by atoms with Gasteiger partial charge in [-0.1, -0.05) is 18.2 Å². The van der Waals surface area contributed by atoms with E-state index in [1.165, 1.54) is 0 Å². The minimum Gasteiger partial charge on any atom is -0.496 e. The van der Waals surface area contributed by atoms with Gasteiger partial charge in [0, 0.05) is 35.8 Å². The number of fused-ring (bicyclic) bond motifs is 1. The topological polar surface area (TPSA) is 65.4 Å². The molecule has 3 rings (SSSR count). The van der Waals surface area contributed by atoms with Gasteiger partial charge in [-0.2, -0.15) is 5.10 Å². The Morgan fingerprint density at radius 1 is 1.42 bits per heavy atom. The van der Waals surface area contributed by atoms with Gasteiger partial charge in [-0.3, -0.25) is 9.48 Å². The van der Waals surface area contributed by atoms with Crippen LogP contribution in [-0.2, 0) is 24.3 Å². The van der Waals surface area contributed by atoms with E-state index in [-0.39, 0.29) is 11.9 Å². The van der Waals surface area contributed by atoms with Crippen LogP contribution in [0.2, 0.25) is 0 Å². The van der Waals surface area contributed by atoms with Crippen molar-refractivity contribution in [1.29, 1.82) is 0 Å². The summed E-state index contributed by atoms with van der Waals surface area (Å²) >= 11 is 0. The highest BCUT2D eigenvalue weighted by Gasteiger charge is 2.26. The van der Waals surface area contributed by atoms with Crippen LogP contribution in [0.15, 0.2) is 24.3 Å². The predicted octanol–water partition coefficient (Wildman–Crippen LogP) is 2.48. The Balaban J connectivity index is 1.80. The maximum atomic E-state index is 12.6. The number of aromatic nitrogens is 2. The number of carbonyl (C=O) groups excluding carboxylic acids is 1. The van der Waals surface area contributed by atoms with Crippen molar-refractivity contribution in [2.24, 2.45) is 0 Å². The van der Waals surface area contributed by atoms with E-state index in [9.17, 15) is 4.79 Å². The molecule has 1 amide bonds. The predicted molar refractivity (Wildman–Crippen MR) is 90.1 cm³/mol. The van der Waals surface area contributed by atoms with E-state index in [1.807, 2.05) is 28.9 Å². The molecule has 6 heteroatoms. The van der Waals surface area contributed by atoms with E-state index in [2.05, 4.69) is 24.3 Å². The summed E-state index contributed by atoms with van der Waals surface area (Å²) in [4.78, 5) is 12.6. The quantitative estimate of drug-likeness (QED) is 0.915. The van der Waals surface area contributed by atoms with Gasteiger partial charge in [0.05, 0.1) is 20.3 Å². The molecule has 0 fully saturated rings. The van der Waals surface area contributed by atoms with Gasteiger partial charge in [0.2, 0.25) is 0 Å². The summed E-state index contributed by atoms with van der Waals surface area (Å²) in [6.45, 7) is 5.65. The molecule has 6 nitrogen and oxygen atoms in total. The standard InChI is InChI=1S/C18H23N3O3/c1-12(2)21-15-8-9-24-11-14(15)17(20-21)18(22)19-10-13-6-4-5-7-16(13)23-3/h4-7,12H,8-11H2,1-3H3,(H,19,22). The van der Waals surface area contributed by atoms with Crippen molar-refractivity contribution in [3.05, 3.63) is 46.8 Å². The van der Waals surface area contributed by atoms with E-state index in [0.717, 1.165) is 29.0 Å². The molecule has 0 saturated heterocycles. The average Bonchev–Trinajstić information content (AvgIpc) is 3.00. The summed E-state index contributed by atoms with van der Waals surface area (Å²) in [7, 11) is 1.62. The first-order valence-corrected chi connectivity index (χ1v) is 8.20. The van der Waals surface area contributed by atoms with Gasteiger partial charge in [-0.25, -0.2) is 0 Å². The first-order chi connectivity index (χ1) is 11.6. The summed E-state index contributed by atoms with van der Waals surface area (Å²) in [5.41, 5.74) is 3.42. The summed E-state index contributed by atoms with van der Waals surface area (Å²) in [6, 6.07) is 7.86. The molecule has 0 bridgehead atoms. The number of nitrogens with zero attached hydrogens (tertiary/aromatic N) is 2. The molecule has 128 valence electrons. The number of rotatable bonds is 5. The van der Waals surface area contributed by atoms with Gasteiger partial charge in [0.25, 0.3) is 5.91 Å². The van der Waals surface area contributed by atoms with Crippen molar-refractivity contribution >= 4 is 5.91 Å². The Morgan fingerprint density at radius 3 is 2.96 bits per heavy atom. The summed E-state index contributed by atoms with van der Waals surface area (Å²) < 4.78 is 12.8. The minimum absolute atomic E-state index is 0.179. The number of ether oxygens (including phenoxy) is 2. The van der Waals surface area contributed by atoms with E-state index >= 15 is 0 Å². The van der Waals surface area contributed by atoms with Crippen molar-refractivity contribution in [1.82, 2.24) is 15.1 Å². The number of carbonyl (C=O) groups is 1. The van der Waals surface area contributed by atoms with Crippen molar-refractivity contribution in [2.75, 3.05) is 13.7 Å². The van der Waals surface area contributed by atoms with Crippen molar-refractivity contribution in [2.45, 2.75) is 39.5 Å². The van der Waals surface area contributed by atoms with Crippen LogP contribution >= 0.6 is 0 Å². The maximum absolute atomic E-state index is 12.6. The summed E-state index contributed by atoms with van der Waals surface area (Å²) in [5, 5.41) is 7.48. The van der Waals surface area contributed by atoms with Crippen molar-refractivity contribution in [3.8, 4) is 5.75 Å². The monoisotopic (exact) mass is 329 g/mol. The summed E-state index contributed by atoms with van der Waals surface area (Å²) in [5.74, 6) is 0.581. The lowest BCUT2D eigenvalue weighted by atomic mass is 10.1. The molecule has 0 unspecified atom stereocenters. The molecule has 1 aliphatic rings. The second-order valence-electron chi connectivity index (χ2n) is 6.11. The number of benzene rings is 1. The number of para-hydroxylation sites is 1. The highest BCUT2D eigenvalue weighted by atomic mass is 16.5. The number of hydrogen-bond donors (Lipinski definition) is 1. The zero-order valence-electron chi connectivity index (χ0n) is 14.3. The third-order valence-electron chi connectivity index (χ3n) is 4.18. The van der Waals surface area contributed by atoms with Crippen molar-refractivity contribution < 1.29 is 14.3 Å². The van der Waals surface area contributed by atoms with Crippen LogP contribution < -0.4 is 10.1 Å². The van der Waals surface area contributed by atoms with Crippen LogP contribution in [-0.4, -0.2) is 29.4 Å². The smallest absolute Gasteiger partial charge is 0.272 e. The molecule has 0 spiro atoms. The number of hydrogen-bond acceptors (Lipinski definition) is 4. The molecule has 24 heavy (non-hydrogen) atoms. The van der Waals surface area contributed by atoms with Gasteiger partial charge in [-0.05, 0) is 19.9 Å². The minimum atomic E-state index is -0.179. The molecular formula is C18H23N3O3. The fourth-order valence-corrected chi connectivity index (χ4v) is 2.98. The molecule has 1 aromatic heterocycles. The highest BCUT2D eigenvalue weighted by molar-refractivity contribution is 5.94. The first kappa shape index (κ1) is 16.5. The van der Waals surface area contributed by atoms with Crippen LogP contribution in [0.25, 0.3) is 0 Å². The molecule has 1 aliphatic heterocycles. The fraction of sp³-hybridized carbons (Fsp3) is 0.444. The second kappa shape index (κ2) is 7.05. The number of nitrogens with one attached hydrogen (secondary N) is 1. The largest absolute Gasteiger partial charge is 0.496 e. The molecule has 0 saturated carbocycles. The van der Waals surface area contributed by atoms with Crippen molar-refractivity contribution in [3.63, 3.8) is 0 Å². The SMILES string of the molecule is COc1ccccc1CNC(=O)c1nn(C(C)C)c2c1COCC2. The van der Waals surface area contributed by atoms with E-state index < -0.39 is 0 Å². The lowest BCUT2D eigenvalue weighted by Crippen LogP contribution is -2.25. The van der Waals surface area contributed by atoms with Gasteiger partial charge in [0.15, 0.2) is 5.69 Å². The zero-order valence-corrected chi connectivity index (χ0v) is 14.3. The molecule has 0 atom stereocenters. The Labute approximate surface area is 141 Å². The average molecular weight is 329 g/mol. The third-order valence-corrected chi connectivity index (χ3v) is 4.18. The van der Waals surface area contributed by atoms with Crippen LogP contribution in [0.4, 0.5) is 0 Å². The molecule has 1 N–H and O–H groups in total. The normalized spacial score (nSPS) is 13.7. The molecule has 0 radical (unpaired) electrons. The van der Waals surface area contributed by atoms with Crippen LogP contribution in [0.3, 0.4) is 0 Å². The lowest BCUT2D eigenvalue weighted by Gasteiger charge is -2.16. The van der Waals surface area contributed by atoms with Gasteiger partial charge in [0.1, 0.15) is 5.75 Å². The second-order valence-corrected chi connectivity index (χ2v) is 6.11. The number of methoxy groups -OCH3 is 1. The Kier molecular flexibility index (Phi) is 4.85. The molecule has 0 aliphatic carbocycles. The van der Waals surface area contributed by atoms with E-state index in [0.29, 0.717) is 25.5 Å². The molecule has 2 heterocycles.